The van der Waals surface area contributed by atoms with Gasteiger partial charge in [-0.2, -0.15) is 0 Å². The molecule has 0 saturated carbocycles. The van der Waals surface area contributed by atoms with Crippen LogP contribution in [0.1, 0.15) is 168 Å². The first-order valence-electron chi connectivity index (χ1n) is 14.4. The van der Waals surface area contributed by atoms with E-state index in [4.69, 9.17) is 0 Å². The van der Waals surface area contributed by atoms with Gasteiger partial charge in [0.1, 0.15) is 6.10 Å². The van der Waals surface area contributed by atoms with Crippen molar-refractivity contribution in [2.45, 2.75) is 175 Å². The van der Waals surface area contributed by atoms with Crippen molar-refractivity contribution in [3.63, 3.8) is 0 Å². The fraction of sp³-hybridized carbons (Fsp3) is 0.933. The molecule has 0 saturated heterocycles. The Balaban J connectivity index is 3.27. The van der Waals surface area contributed by atoms with Crippen LogP contribution < -0.4 is 0 Å². The average molecular weight is 435 g/mol. The van der Waals surface area contributed by atoms with Gasteiger partial charge in [0.05, 0.1) is 0 Å². The van der Waals surface area contributed by atoms with E-state index in [1.807, 2.05) is 0 Å². The van der Waals surface area contributed by atoms with Crippen molar-refractivity contribution in [2.75, 3.05) is 0 Å². The molecule has 0 fully saturated rings. The highest BCUT2D eigenvalue weighted by atomic mass is 16.3. The van der Waals surface area contributed by atoms with Gasteiger partial charge in [-0.3, -0.25) is 0 Å². The van der Waals surface area contributed by atoms with E-state index in [0.29, 0.717) is 0 Å². The molecule has 31 heavy (non-hydrogen) atoms. The quantitative estimate of drug-likeness (QED) is 0.125. The molecule has 0 aliphatic heterocycles. The summed E-state index contributed by atoms with van der Waals surface area (Å²) < 4.78 is 0. The third kappa shape index (κ3) is 25.7. The van der Waals surface area contributed by atoms with E-state index in [0.717, 1.165) is 25.2 Å². The molecular formula is C30H58O. The predicted molar refractivity (Wildman–Crippen MR) is 140 cm³/mol. The summed E-state index contributed by atoms with van der Waals surface area (Å²) >= 11 is 0. The average Bonchev–Trinajstić information content (AvgIpc) is 2.76. The minimum atomic E-state index is -0.394. The SMILES string of the molecule is CCCCCCCCCCC(C)CCCCCCCCCCC#C[C@@H](O)CCCCC. The first-order valence-corrected chi connectivity index (χ1v) is 14.4. The minimum Gasteiger partial charge on any atom is -0.380 e. The molecule has 2 atom stereocenters. The summed E-state index contributed by atoms with van der Waals surface area (Å²) in [6.07, 6.45) is 30.3. The highest BCUT2D eigenvalue weighted by Gasteiger charge is 2.02. The molecule has 0 aliphatic rings. The topological polar surface area (TPSA) is 20.2 Å². The second-order valence-electron chi connectivity index (χ2n) is 10.1. The lowest BCUT2D eigenvalue weighted by Gasteiger charge is -2.11. The molecule has 0 aromatic rings. The minimum absolute atomic E-state index is 0.394. The van der Waals surface area contributed by atoms with E-state index < -0.39 is 6.10 Å². The Kier molecular flexibility index (Phi) is 25.4. The first kappa shape index (κ1) is 30.5. The van der Waals surface area contributed by atoms with Gasteiger partial charge in [0, 0.05) is 6.42 Å². The van der Waals surface area contributed by atoms with Gasteiger partial charge in [0.15, 0.2) is 0 Å². The van der Waals surface area contributed by atoms with E-state index in [1.54, 1.807) is 0 Å². The Morgan fingerprint density at radius 2 is 0.903 bits per heavy atom. The van der Waals surface area contributed by atoms with Crippen molar-refractivity contribution in [1.29, 1.82) is 0 Å². The zero-order valence-electron chi connectivity index (χ0n) is 21.9. The molecule has 0 aromatic heterocycles. The van der Waals surface area contributed by atoms with Gasteiger partial charge >= 0.3 is 0 Å². The van der Waals surface area contributed by atoms with Crippen molar-refractivity contribution < 1.29 is 5.11 Å². The second-order valence-corrected chi connectivity index (χ2v) is 10.1. The normalized spacial score (nSPS) is 13.0. The Morgan fingerprint density at radius 3 is 1.42 bits per heavy atom. The van der Waals surface area contributed by atoms with E-state index in [1.165, 1.54) is 128 Å². The van der Waals surface area contributed by atoms with Crippen LogP contribution in [0.15, 0.2) is 0 Å². The van der Waals surface area contributed by atoms with Crippen LogP contribution in [-0.4, -0.2) is 11.2 Å². The Bertz CT molecular complexity index is 391. The summed E-state index contributed by atoms with van der Waals surface area (Å²) in [5, 5.41) is 9.78. The summed E-state index contributed by atoms with van der Waals surface area (Å²) in [4.78, 5) is 0. The van der Waals surface area contributed by atoms with Gasteiger partial charge in [0.2, 0.25) is 0 Å². The fourth-order valence-electron chi connectivity index (χ4n) is 4.39. The maximum absolute atomic E-state index is 9.78. The van der Waals surface area contributed by atoms with Crippen LogP contribution in [0.4, 0.5) is 0 Å². The van der Waals surface area contributed by atoms with E-state index >= 15 is 0 Å². The van der Waals surface area contributed by atoms with Gasteiger partial charge in [-0.05, 0) is 25.2 Å². The molecule has 0 rings (SSSR count). The van der Waals surface area contributed by atoms with Crippen molar-refractivity contribution in [3.8, 4) is 11.8 Å². The van der Waals surface area contributed by atoms with Crippen molar-refractivity contribution in [1.82, 2.24) is 0 Å². The lowest BCUT2D eigenvalue weighted by atomic mass is 9.95. The third-order valence-electron chi connectivity index (χ3n) is 6.65. The molecule has 0 bridgehead atoms. The molecule has 1 unspecified atom stereocenters. The van der Waals surface area contributed by atoms with E-state index in [-0.39, 0.29) is 0 Å². The standard InChI is InChI=1S/C30H58O/c1-4-6-8-9-10-15-18-22-25-29(3)26-23-19-16-13-11-12-14-17-20-24-28-30(31)27-21-7-5-2/h29-31H,4-23,25-27H2,1-3H3/t29?,30-/m0/s1. The zero-order valence-corrected chi connectivity index (χ0v) is 21.9. The van der Waals surface area contributed by atoms with E-state index in [2.05, 4.69) is 32.6 Å². The number of aliphatic hydroxyl groups is 1. The fourth-order valence-corrected chi connectivity index (χ4v) is 4.39. The molecule has 0 aromatic carbocycles. The maximum Gasteiger partial charge on any atom is 0.114 e. The molecule has 1 N–H and O–H groups in total. The number of unbranched alkanes of at least 4 members (excludes halogenated alkanes) is 17. The van der Waals surface area contributed by atoms with Crippen LogP contribution in [0.25, 0.3) is 0 Å². The molecule has 184 valence electrons. The molecular weight excluding hydrogens is 376 g/mol. The van der Waals surface area contributed by atoms with Crippen LogP contribution in [0, 0.1) is 17.8 Å². The summed E-state index contributed by atoms with van der Waals surface area (Å²) in [6.45, 7) is 6.96. The summed E-state index contributed by atoms with van der Waals surface area (Å²) in [5.74, 6) is 7.12. The Hall–Kier alpha value is -0.480. The molecule has 0 radical (unpaired) electrons. The second kappa shape index (κ2) is 25.8. The van der Waals surface area contributed by atoms with Gasteiger partial charge in [-0.1, -0.05) is 149 Å². The molecule has 1 nitrogen and oxygen atoms in total. The lowest BCUT2D eigenvalue weighted by Crippen LogP contribution is -2.01. The van der Waals surface area contributed by atoms with Crippen molar-refractivity contribution in [3.05, 3.63) is 0 Å². The zero-order chi connectivity index (χ0) is 22.8. The van der Waals surface area contributed by atoms with Gasteiger partial charge in [-0.15, -0.1) is 5.92 Å². The molecule has 0 aliphatic carbocycles. The predicted octanol–water partition coefficient (Wildman–Crippen LogP) is 10.00. The van der Waals surface area contributed by atoms with E-state index in [9.17, 15) is 5.11 Å². The number of aliphatic hydroxyl groups excluding tert-OH is 1. The molecule has 0 amide bonds. The van der Waals surface area contributed by atoms with Crippen LogP contribution in [0.2, 0.25) is 0 Å². The number of hydrogen-bond acceptors (Lipinski definition) is 1. The number of hydrogen-bond donors (Lipinski definition) is 1. The number of rotatable bonds is 23. The van der Waals surface area contributed by atoms with Gasteiger partial charge in [0.25, 0.3) is 0 Å². The molecule has 1 heteroatoms. The summed E-state index contributed by atoms with van der Waals surface area (Å²) in [6, 6.07) is 0. The molecule has 0 heterocycles. The first-order chi connectivity index (χ1) is 15.2. The van der Waals surface area contributed by atoms with Crippen LogP contribution in [-0.2, 0) is 0 Å². The highest BCUT2D eigenvalue weighted by Crippen LogP contribution is 2.19. The molecule has 0 spiro atoms. The summed E-state index contributed by atoms with van der Waals surface area (Å²) in [7, 11) is 0. The lowest BCUT2D eigenvalue weighted by molar-refractivity contribution is 0.217. The van der Waals surface area contributed by atoms with Crippen LogP contribution in [0.3, 0.4) is 0 Å². The third-order valence-corrected chi connectivity index (χ3v) is 6.65. The smallest absolute Gasteiger partial charge is 0.114 e. The van der Waals surface area contributed by atoms with Crippen molar-refractivity contribution >= 4 is 0 Å². The van der Waals surface area contributed by atoms with Crippen LogP contribution >= 0.6 is 0 Å². The monoisotopic (exact) mass is 434 g/mol. The van der Waals surface area contributed by atoms with Crippen molar-refractivity contribution in [2.24, 2.45) is 5.92 Å². The largest absolute Gasteiger partial charge is 0.380 e. The highest BCUT2D eigenvalue weighted by molar-refractivity contribution is 5.04. The Labute approximate surface area is 197 Å². The van der Waals surface area contributed by atoms with Crippen LogP contribution in [0.5, 0.6) is 0 Å². The summed E-state index contributed by atoms with van der Waals surface area (Å²) in [5.41, 5.74) is 0. The van der Waals surface area contributed by atoms with Gasteiger partial charge in [-0.25, -0.2) is 0 Å². The van der Waals surface area contributed by atoms with Gasteiger partial charge < -0.3 is 5.11 Å². The maximum atomic E-state index is 9.78. The Morgan fingerprint density at radius 1 is 0.516 bits per heavy atom.